The quantitative estimate of drug-likeness (QED) is 0.874. The molecule has 21 heavy (non-hydrogen) atoms. The molecule has 0 heterocycles. The third-order valence-corrected chi connectivity index (χ3v) is 4.71. The second-order valence-electron chi connectivity index (χ2n) is 6.92. The average molecular weight is 293 g/mol. The molecule has 1 aliphatic rings. The van der Waals surface area contributed by atoms with Gasteiger partial charge in [-0.3, -0.25) is 0 Å². The van der Waals surface area contributed by atoms with Gasteiger partial charge in [0, 0.05) is 11.6 Å². The Balaban J connectivity index is 2.25. The smallest absolute Gasteiger partial charge is 0.131 e. The van der Waals surface area contributed by atoms with Crippen molar-refractivity contribution in [1.82, 2.24) is 0 Å². The number of halogens is 1. The molecular formula is C18H28FNO. The maximum atomic E-state index is 14.0. The van der Waals surface area contributed by atoms with Crippen LogP contribution in [-0.4, -0.2) is 6.10 Å². The molecular weight excluding hydrogens is 265 g/mol. The van der Waals surface area contributed by atoms with Crippen LogP contribution in [0.3, 0.4) is 0 Å². The highest BCUT2D eigenvalue weighted by Crippen LogP contribution is 2.37. The Morgan fingerprint density at radius 2 is 1.95 bits per heavy atom. The van der Waals surface area contributed by atoms with Crippen LogP contribution in [0.2, 0.25) is 0 Å². The summed E-state index contributed by atoms with van der Waals surface area (Å²) in [6, 6.07) is 4.64. The summed E-state index contributed by atoms with van der Waals surface area (Å²) in [6.45, 7) is 8.56. The minimum Gasteiger partial charge on any atom is -0.490 e. The van der Waals surface area contributed by atoms with Crippen LogP contribution in [0, 0.1) is 23.6 Å². The van der Waals surface area contributed by atoms with Crippen LogP contribution in [0.15, 0.2) is 18.2 Å². The van der Waals surface area contributed by atoms with E-state index < -0.39 is 0 Å². The molecule has 1 aliphatic carbocycles. The highest BCUT2D eigenvalue weighted by molar-refractivity contribution is 5.37. The summed E-state index contributed by atoms with van der Waals surface area (Å²) in [5.74, 6) is 2.12. The van der Waals surface area contributed by atoms with Gasteiger partial charge in [0.15, 0.2) is 0 Å². The molecule has 3 unspecified atom stereocenters. The van der Waals surface area contributed by atoms with Crippen molar-refractivity contribution in [3.8, 4) is 5.75 Å². The summed E-state index contributed by atoms with van der Waals surface area (Å²) in [5.41, 5.74) is 6.42. The lowest BCUT2D eigenvalue weighted by atomic mass is 9.75. The van der Waals surface area contributed by atoms with Gasteiger partial charge in [0.2, 0.25) is 0 Å². The standard InChI is InChI=1S/C18H28FNO/c1-11(2)14-9-8-12(3)10-17(14)21-16-7-5-6-15(19)18(16)13(4)20/h5-7,11-14,17H,8-10,20H2,1-4H3/t12?,13-,14?,17?/m1/s1. The normalized spacial score (nSPS) is 27.7. The molecule has 1 aromatic carbocycles. The zero-order chi connectivity index (χ0) is 15.6. The lowest BCUT2D eigenvalue weighted by Gasteiger charge is -2.37. The predicted octanol–water partition coefficient (Wildman–Crippen LogP) is 4.69. The summed E-state index contributed by atoms with van der Waals surface area (Å²) in [4.78, 5) is 0. The highest BCUT2D eigenvalue weighted by Gasteiger charge is 2.33. The van der Waals surface area contributed by atoms with Crippen molar-refractivity contribution in [2.75, 3.05) is 0 Å². The molecule has 0 spiro atoms. The van der Waals surface area contributed by atoms with E-state index in [9.17, 15) is 4.39 Å². The molecule has 2 N–H and O–H groups in total. The predicted molar refractivity (Wildman–Crippen MR) is 84.8 cm³/mol. The topological polar surface area (TPSA) is 35.2 Å². The average Bonchev–Trinajstić information content (AvgIpc) is 2.37. The van der Waals surface area contributed by atoms with Gasteiger partial charge >= 0.3 is 0 Å². The second kappa shape index (κ2) is 6.78. The van der Waals surface area contributed by atoms with E-state index in [0.29, 0.717) is 29.1 Å². The molecule has 0 radical (unpaired) electrons. The molecule has 0 amide bonds. The summed E-state index contributed by atoms with van der Waals surface area (Å²) >= 11 is 0. The molecule has 3 heteroatoms. The molecule has 1 saturated carbocycles. The van der Waals surface area contributed by atoms with Crippen molar-refractivity contribution in [3.63, 3.8) is 0 Å². The Bertz CT molecular complexity index is 472. The summed E-state index contributed by atoms with van der Waals surface area (Å²) in [5, 5.41) is 0. The molecule has 0 bridgehead atoms. The van der Waals surface area contributed by atoms with Gasteiger partial charge in [-0.15, -0.1) is 0 Å². The van der Waals surface area contributed by atoms with Crippen LogP contribution in [0.1, 0.15) is 58.6 Å². The zero-order valence-electron chi connectivity index (χ0n) is 13.6. The molecule has 2 rings (SSSR count). The Morgan fingerprint density at radius 1 is 1.24 bits per heavy atom. The summed E-state index contributed by atoms with van der Waals surface area (Å²) in [6.07, 6.45) is 3.64. The fourth-order valence-electron chi connectivity index (χ4n) is 3.48. The number of hydrogen-bond donors (Lipinski definition) is 1. The molecule has 118 valence electrons. The van der Waals surface area contributed by atoms with Crippen LogP contribution in [-0.2, 0) is 0 Å². The van der Waals surface area contributed by atoms with Gasteiger partial charge in [0.25, 0.3) is 0 Å². The van der Waals surface area contributed by atoms with Crippen LogP contribution < -0.4 is 10.5 Å². The lowest BCUT2D eigenvalue weighted by Crippen LogP contribution is -2.36. The van der Waals surface area contributed by atoms with E-state index in [4.69, 9.17) is 10.5 Å². The molecule has 0 saturated heterocycles. The minimum absolute atomic E-state index is 0.160. The Kier molecular flexibility index (Phi) is 5.26. The van der Waals surface area contributed by atoms with E-state index in [1.807, 2.05) is 6.07 Å². The van der Waals surface area contributed by atoms with Gasteiger partial charge in [0.1, 0.15) is 17.7 Å². The SMILES string of the molecule is CC1CCC(C(C)C)C(Oc2cccc(F)c2[C@@H](C)N)C1. The molecule has 1 aromatic rings. The van der Waals surface area contributed by atoms with Crippen molar-refractivity contribution < 1.29 is 9.13 Å². The van der Waals surface area contributed by atoms with E-state index in [-0.39, 0.29) is 18.0 Å². The summed E-state index contributed by atoms with van der Waals surface area (Å²) < 4.78 is 20.3. The number of ether oxygens (including phenoxy) is 1. The fourth-order valence-corrected chi connectivity index (χ4v) is 3.48. The molecule has 1 fully saturated rings. The van der Waals surface area contributed by atoms with Gasteiger partial charge in [-0.2, -0.15) is 0 Å². The van der Waals surface area contributed by atoms with Gasteiger partial charge < -0.3 is 10.5 Å². The van der Waals surface area contributed by atoms with E-state index in [2.05, 4.69) is 20.8 Å². The Hall–Kier alpha value is -1.09. The van der Waals surface area contributed by atoms with Crippen molar-refractivity contribution >= 4 is 0 Å². The molecule has 0 aromatic heterocycles. The van der Waals surface area contributed by atoms with Gasteiger partial charge in [0.05, 0.1) is 0 Å². The van der Waals surface area contributed by atoms with Gasteiger partial charge in [-0.05, 0) is 49.7 Å². The van der Waals surface area contributed by atoms with E-state index in [0.717, 1.165) is 6.42 Å². The van der Waals surface area contributed by atoms with Crippen LogP contribution >= 0.6 is 0 Å². The van der Waals surface area contributed by atoms with Crippen molar-refractivity contribution in [1.29, 1.82) is 0 Å². The van der Waals surface area contributed by atoms with Crippen LogP contribution in [0.25, 0.3) is 0 Å². The maximum Gasteiger partial charge on any atom is 0.131 e. The van der Waals surface area contributed by atoms with Gasteiger partial charge in [-0.25, -0.2) is 4.39 Å². The monoisotopic (exact) mass is 293 g/mol. The molecule has 0 aliphatic heterocycles. The first kappa shape index (κ1) is 16.3. The van der Waals surface area contributed by atoms with Crippen LogP contribution in [0.5, 0.6) is 5.75 Å². The van der Waals surface area contributed by atoms with E-state index >= 15 is 0 Å². The van der Waals surface area contributed by atoms with Crippen molar-refractivity contribution in [3.05, 3.63) is 29.6 Å². The third kappa shape index (κ3) is 3.76. The third-order valence-electron chi connectivity index (χ3n) is 4.71. The Morgan fingerprint density at radius 3 is 2.57 bits per heavy atom. The number of hydrogen-bond acceptors (Lipinski definition) is 2. The number of nitrogens with two attached hydrogens (primary N) is 1. The van der Waals surface area contributed by atoms with Crippen LogP contribution in [0.4, 0.5) is 4.39 Å². The zero-order valence-corrected chi connectivity index (χ0v) is 13.6. The summed E-state index contributed by atoms with van der Waals surface area (Å²) in [7, 11) is 0. The molecule has 2 nitrogen and oxygen atoms in total. The first-order valence-corrected chi connectivity index (χ1v) is 8.10. The minimum atomic E-state index is -0.361. The Labute approximate surface area is 127 Å². The van der Waals surface area contributed by atoms with Crippen molar-refractivity contribution in [2.24, 2.45) is 23.5 Å². The maximum absolute atomic E-state index is 14.0. The van der Waals surface area contributed by atoms with Gasteiger partial charge in [-0.1, -0.05) is 33.3 Å². The second-order valence-corrected chi connectivity index (χ2v) is 6.92. The van der Waals surface area contributed by atoms with E-state index in [1.165, 1.54) is 18.9 Å². The lowest BCUT2D eigenvalue weighted by molar-refractivity contribution is 0.0448. The first-order valence-electron chi connectivity index (χ1n) is 8.10. The number of benzene rings is 1. The van der Waals surface area contributed by atoms with Crippen molar-refractivity contribution in [2.45, 2.75) is 59.1 Å². The first-order chi connectivity index (χ1) is 9.90. The highest BCUT2D eigenvalue weighted by atomic mass is 19.1. The largest absolute Gasteiger partial charge is 0.490 e. The number of rotatable bonds is 4. The van der Waals surface area contributed by atoms with E-state index in [1.54, 1.807) is 13.0 Å². The molecule has 4 atom stereocenters. The fraction of sp³-hybridized carbons (Fsp3) is 0.667.